The zero-order valence-corrected chi connectivity index (χ0v) is 9.83. The Morgan fingerprint density at radius 1 is 1.05 bits per heavy atom. The summed E-state index contributed by atoms with van der Waals surface area (Å²) >= 11 is 0. The smallest absolute Gasteiger partial charge is 0.382 e. The van der Waals surface area contributed by atoms with Crippen LogP contribution in [0.4, 0.5) is 22.0 Å². The van der Waals surface area contributed by atoms with E-state index in [1.54, 1.807) is 0 Å². The molecule has 1 aromatic heterocycles. The van der Waals surface area contributed by atoms with Crippen molar-refractivity contribution in [3.8, 4) is 0 Å². The Labute approximate surface area is 110 Å². The van der Waals surface area contributed by atoms with Crippen LogP contribution in [0.5, 0.6) is 0 Å². The summed E-state index contributed by atoms with van der Waals surface area (Å²) in [4.78, 5) is 3.45. The van der Waals surface area contributed by atoms with Crippen LogP contribution in [0.2, 0.25) is 0 Å². The van der Waals surface area contributed by atoms with Gasteiger partial charge in [-0.25, -0.2) is 8.78 Å². The molecule has 7 heteroatoms. The zero-order chi connectivity index (χ0) is 14.9. The quantitative estimate of drug-likeness (QED) is 0.859. The van der Waals surface area contributed by atoms with E-state index in [9.17, 15) is 27.1 Å². The summed E-state index contributed by atoms with van der Waals surface area (Å²) in [5.74, 6) is -1.82. The summed E-state index contributed by atoms with van der Waals surface area (Å²) in [6, 6.07) is 4.19. The molecule has 0 saturated carbocycles. The summed E-state index contributed by atoms with van der Waals surface area (Å²) in [6.07, 6.45) is -5.57. The molecule has 2 aromatic rings. The van der Waals surface area contributed by atoms with Gasteiger partial charge in [-0.05, 0) is 18.2 Å². The minimum atomic E-state index is -4.54. The van der Waals surface area contributed by atoms with Crippen LogP contribution in [0.3, 0.4) is 0 Å². The van der Waals surface area contributed by atoms with E-state index in [1.807, 2.05) is 0 Å². The first-order chi connectivity index (χ1) is 9.29. The Hall–Kier alpha value is -2.02. The molecule has 1 aromatic carbocycles. The van der Waals surface area contributed by atoms with Crippen LogP contribution in [0.25, 0.3) is 0 Å². The molecule has 0 saturated heterocycles. The Morgan fingerprint density at radius 3 is 2.25 bits per heavy atom. The molecule has 1 N–H and O–H groups in total. The van der Waals surface area contributed by atoms with Gasteiger partial charge in [0, 0.05) is 17.8 Å². The molecule has 0 aliphatic carbocycles. The van der Waals surface area contributed by atoms with Gasteiger partial charge in [0.15, 0.2) is 0 Å². The van der Waals surface area contributed by atoms with Crippen molar-refractivity contribution in [3.05, 3.63) is 65.0 Å². The average Bonchev–Trinajstić information content (AvgIpc) is 2.37. The van der Waals surface area contributed by atoms with Gasteiger partial charge in [-0.15, -0.1) is 0 Å². The number of aliphatic hydroxyl groups is 1. The normalized spacial score (nSPS) is 13.3. The maximum absolute atomic E-state index is 13.4. The number of halogens is 5. The third kappa shape index (κ3) is 2.93. The summed E-state index contributed by atoms with van der Waals surface area (Å²) < 4.78 is 63.2. The highest BCUT2D eigenvalue weighted by molar-refractivity contribution is 5.29. The van der Waals surface area contributed by atoms with Crippen molar-refractivity contribution in [3.63, 3.8) is 0 Å². The lowest BCUT2D eigenvalue weighted by Gasteiger charge is -2.13. The zero-order valence-electron chi connectivity index (χ0n) is 9.83. The second-order valence-electron chi connectivity index (χ2n) is 4.04. The molecule has 20 heavy (non-hydrogen) atoms. The van der Waals surface area contributed by atoms with E-state index in [0.717, 1.165) is 24.3 Å². The van der Waals surface area contributed by atoms with E-state index in [2.05, 4.69) is 4.98 Å². The van der Waals surface area contributed by atoms with E-state index in [1.165, 1.54) is 0 Å². The third-order valence-electron chi connectivity index (χ3n) is 2.65. The van der Waals surface area contributed by atoms with Crippen molar-refractivity contribution >= 4 is 0 Å². The third-order valence-corrected chi connectivity index (χ3v) is 2.65. The predicted molar refractivity (Wildman–Crippen MR) is 59.7 cm³/mol. The molecule has 2 rings (SSSR count). The van der Waals surface area contributed by atoms with Gasteiger partial charge in [0.1, 0.15) is 17.7 Å². The number of rotatable bonds is 2. The highest BCUT2D eigenvalue weighted by Gasteiger charge is 2.31. The van der Waals surface area contributed by atoms with Gasteiger partial charge in [0.05, 0.1) is 11.3 Å². The Morgan fingerprint density at radius 2 is 1.75 bits per heavy atom. The Bertz CT molecular complexity index is 609. The number of hydrogen-bond acceptors (Lipinski definition) is 2. The number of alkyl halides is 3. The number of hydrogen-bond donors (Lipinski definition) is 1. The summed E-state index contributed by atoms with van der Waals surface area (Å²) in [6.45, 7) is 0. The number of pyridine rings is 1. The largest absolute Gasteiger partial charge is 0.417 e. The van der Waals surface area contributed by atoms with Crippen LogP contribution in [-0.2, 0) is 6.18 Å². The van der Waals surface area contributed by atoms with E-state index in [4.69, 9.17) is 0 Å². The number of nitrogens with zero attached hydrogens (tertiary/aromatic N) is 1. The Kier molecular flexibility index (Phi) is 3.71. The second-order valence-corrected chi connectivity index (χ2v) is 4.04. The van der Waals surface area contributed by atoms with Crippen LogP contribution in [0.1, 0.15) is 22.9 Å². The molecule has 1 heterocycles. The summed E-state index contributed by atoms with van der Waals surface area (Å²) in [7, 11) is 0. The van der Waals surface area contributed by atoms with Crippen molar-refractivity contribution in [2.24, 2.45) is 0 Å². The molecule has 2 nitrogen and oxygen atoms in total. The molecule has 0 bridgehead atoms. The van der Waals surface area contributed by atoms with E-state index >= 15 is 0 Å². The first-order valence-corrected chi connectivity index (χ1v) is 5.45. The molecular weight excluding hydrogens is 281 g/mol. The number of aromatic nitrogens is 1. The van der Waals surface area contributed by atoms with Crippen molar-refractivity contribution in [1.82, 2.24) is 4.98 Å². The number of benzene rings is 1. The van der Waals surface area contributed by atoms with Gasteiger partial charge in [-0.1, -0.05) is 6.07 Å². The van der Waals surface area contributed by atoms with Crippen molar-refractivity contribution in [2.45, 2.75) is 12.3 Å². The van der Waals surface area contributed by atoms with Gasteiger partial charge in [0.25, 0.3) is 0 Å². The van der Waals surface area contributed by atoms with Gasteiger partial charge in [-0.2, -0.15) is 13.2 Å². The molecule has 0 aliphatic rings. The van der Waals surface area contributed by atoms with E-state index in [-0.39, 0.29) is 11.3 Å². The molecule has 0 amide bonds. The predicted octanol–water partition coefficient (Wildman–Crippen LogP) is 3.46. The molecule has 1 atom stereocenters. The van der Waals surface area contributed by atoms with Crippen LogP contribution < -0.4 is 0 Å². The molecule has 1 unspecified atom stereocenters. The van der Waals surface area contributed by atoms with E-state index in [0.29, 0.717) is 12.3 Å². The SMILES string of the molecule is OC(c1ccc(C(F)(F)F)cn1)c1ccc(F)cc1F. The standard InChI is InChI=1S/C13H8F5NO/c14-8-2-3-9(10(15)5-8)12(20)11-4-1-7(6-19-11)13(16,17)18/h1-6,12,20H. The topological polar surface area (TPSA) is 33.1 Å². The van der Waals surface area contributed by atoms with Crippen LogP contribution in [0, 0.1) is 11.6 Å². The van der Waals surface area contributed by atoms with Gasteiger partial charge >= 0.3 is 6.18 Å². The van der Waals surface area contributed by atoms with Gasteiger partial charge in [-0.3, -0.25) is 4.98 Å². The fraction of sp³-hybridized carbons (Fsp3) is 0.154. The molecular formula is C13H8F5NO. The maximum Gasteiger partial charge on any atom is 0.417 e. The first-order valence-electron chi connectivity index (χ1n) is 5.45. The fourth-order valence-corrected chi connectivity index (χ4v) is 1.62. The second kappa shape index (κ2) is 5.16. The lowest BCUT2D eigenvalue weighted by Crippen LogP contribution is -2.09. The highest BCUT2D eigenvalue weighted by Crippen LogP contribution is 2.30. The lowest BCUT2D eigenvalue weighted by atomic mass is 10.0. The van der Waals surface area contributed by atoms with Crippen LogP contribution in [0.15, 0.2) is 36.5 Å². The van der Waals surface area contributed by atoms with Crippen molar-refractivity contribution in [2.75, 3.05) is 0 Å². The fourth-order valence-electron chi connectivity index (χ4n) is 1.62. The van der Waals surface area contributed by atoms with Crippen LogP contribution >= 0.6 is 0 Å². The summed E-state index contributed by atoms with van der Waals surface area (Å²) in [5, 5.41) is 9.85. The monoisotopic (exact) mass is 289 g/mol. The lowest BCUT2D eigenvalue weighted by molar-refractivity contribution is -0.137. The maximum atomic E-state index is 13.4. The van der Waals surface area contributed by atoms with Crippen molar-refractivity contribution in [1.29, 1.82) is 0 Å². The Balaban J connectivity index is 2.31. The average molecular weight is 289 g/mol. The molecule has 0 spiro atoms. The van der Waals surface area contributed by atoms with Crippen LogP contribution in [-0.4, -0.2) is 10.1 Å². The first kappa shape index (κ1) is 14.4. The number of aliphatic hydroxyl groups excluding tert-OH is 1. The summed E-state index contributed by atoms with van der Waals surface area (Å²) in [5.41, 5.74) is -1.41. The van der Waals surface area contributed by atoms with Crippen molar-refractivity contribution < 1.29 is 27.1 Å². The molecule has 106 valence electrons. The minimum Gasteiger partial charge on any atom is -0.382 e. The molecule has 0 aliphatic heterocycles. The molecule has 0 radical (unpaired) electrons. The molecule has 0 fully saturated rings. The van der Waals surface area contributed by atoms with E-state index < -0.39 is 29.5 Å². The minimum absolute atomic E-state index is 0.163. The highest BCUT2D eigenvalue weighted by atomic mass is 19.4. The van der Waals surface area contributed by atoms with Gasteiger partial charge < -0.3 is 5.11 Å². The van der Waals surface area contributed by atoms with Gasteiger partial charge in [0.2, 0.25) is 0 Å².